The summed E-state index contributed by atoms with van der Waals surface area (Å²) in [7, 11) is 0. The molecule has 0 unspecified atom stereocenters. The summed E-state index contributed by atoms with van der Waals surface area (Å²) in [6, 6.07) is 16.9. The highest BCUT2D eigenvalue weighted by Gasteiger charge is 2.38. The van der Waals surface area contributed by atoms with Crippen LogP contribution in [0.3, 0.4) is 0 Å². The van der Waals surface area contributed by atoms with E-state index < -0.39 is 58.4 Å². The Bertz CT molecular complexity index is 1710. The van der Waals surface area contributed by atoms with E-state index >= 15 is 0 Å². The lowest BCUT2D eigenvalue weighted by Crippen LogP contribution is -2.58. The van der Waals surface area contributed by atoms with Crippen molar-refractivity contribution >= 4 is 41.1 Å². The van der Waals surface area contributed by atoms with Crippen molar-refractivity contribution in [2.45, 2.75) is 84.7 Å². The Morgan fingerprint density at radius 2 is 1.47 bits per heavy atom. The number of benzene rings is 3. The third-order valence-electron chi connectivity index (χ3n) is 7.59. The fourth-order valence-corrected chi connectivity index (χ4v) is 5.08. The molecule has 0 saturated carbocycles. The zero-order chi connectivity index (χ0) is 37.9. The van der Waals surface area contributed by atoms with Gasteiger partial charge in [0.05, 0.1) is 22.2 Å². The second-order valence-corrected chi connectivity index (χ2v) is 13.5. The average molecular weight is 703 g/mol. The quantitative estimate of drug-likeness (QED) is 0.135. The van der Waals surface area contributed by atoms with Gasteiger partial charge in [-0.3, -0.25) is 39.5 Å². The van der Waals surface area contributed by atoms with Crippen molar-refractivity contribution in [3.8, 4) is 0 Å². The molecule has 0 aliphatic carbocycles. The first-order chi connectivity index (χ1) is 24.0. The number of rotatable bonds is 14. The van der Waals surface area contributed by atoms with Crippen LogP contribution in [0.5, 0.6) is 0 Å². The molecule has 14 heteroatoms. The van der Waals surface area contributed by atoms with Crippen LogP contribution in [0.1, 0.15) is 69.4 Å². The van der Waals surface area contributed by atoms with Crippen molar-refractivity contribution in [1.29, 1.82) is 0 Å². The molecule has 5 amide bonds. The van der Waals surface area contributed by atoms with Gasteiger partial charge in [0.1, 0.15) is 17.7 Å². The van der Waals surface area contributed by atoms with Crippen molar-refractivity contribution in [2.75, 3.05) is 5.32 Å². The molecule has 51 heavy (non-hydrogen) atoms. The summed E-state index contributed by atoms with van der Waals surface area (Å²) < 4.78 is 5.35. The van der Waals surface area contributed by atoms with Crippen LogP contribution in [0.15, 0.2) is 78.9 Å². The molecular formula is C37H46N6O8. The molecule has 3 aromatic rings. The molecule has 0 aromatic heterocycles. The first-order valence-electron chi connectivity index (χ1n) is 16.5. The second kappa shape index (κ2) is 17.9. The van der Waals surface area contributed by atoms with Gasteiger partial charge in [0, 0.05) is 18.7 Å². The molecule has 0 heterocycles. The van der Waals surface area contributed by atoms with E-state index in [1.807, 2.05) is 44.2 Å². The van der Waals surface area contributed by atoms with Crippen molar-refractivity contribution in [2.24, 2.45) is 11.7 Å². The number of hydrogen-bond donors (Lipinski definition) is 4. The lowest BCUT2D eigenvalue weighted by molar-refractivity contribution is -0.384. The van der Waals surface area contributed by atoms with Gasteiger partial charge in [-0.05, 0) is 69.7 Å². The number of amides is 5. The van der Waals surface area contributed by atoms with E-state index in [9.17, 15) is 34.1 Å². The fourth-order valence-electron chi connectivity index (χ4n) is 5.08. The van der Waals surface area contributed by atoms with Gasteiger partial charge in [0.2, 0.25) is 11.8 Å². The summed E-state index contributed by atoms with van der Waals surface area (Å²) in [5.41, 5.74) is 6.54. The Morgan fingerprint density at radius 3 is 2.06 bits per heavy atom. The molecule has 0 spiro atoms. The van der Waals surface area contributed by atoms with Crippen molar-refractivity contribution in [3.63, 3.8) is 0 Å². The Labute approximate surface area is 297 Å². The lowest BCUT2D eigenvalue weighted by Gasteiger charge is -2.32. The second-order valence-electron chi connectivity index (χ2n) is 13.5. The number of para-hydroxylation sites is 1. The minimum atomic E-state index is -1.41. The van der Waals surface area contributed by atoms with E-state index in [1.165, 1.54) is 49.4 Å². The molecule has 0 radical (unpaired) electrons. The van der Waals surface area contributed by atoms with Crippen LogP contribution in [0.25, 0.3) is 0 Å². The number of nitrogens with one attached hydrogen (secondary N) is 3. The molecule has 0 aliphatic rings. The van der Waals surface area contributed by atoms with Gasteiger partial charge in [-0.25, -0.2) is 4.79 Å². The van der Waals surface area contributed by atoms with Crippen LogP contribution < -0.4 is 21.7 Å². The number of ether oxygens (including phenoxy) is 1. The van der Waals surface area contributed by atoms with Gasteiger partial charge < -0.3 is 21.1 Å². The van der Waals surface area contributed by atoms with E-state index in [0.717, 1.165) is 10.5 Å². The maximum absolute atomic E-state index is 14.4. The van der Waals surface area contributed by atoms with Gasteiger partial charge in [-0.1, -0.05) is 68.4 Å². The SMILES string of the molecule is CC(C)C[C@H](NC(=O)[C@@H](N)Cc1ccccc1)C(=O)N(C(=O)c1ccccc1NC(=O)OC(C)(C)C)[C@@H](C)C(=O)NCc1ccc([N+](=O)[O-])cc1. The van der Waals surface area contributed by atoms with Crippen LogP contribution in [0.4, 0.5) is 16.2 Å². The number of nitrogens with zero attached hydrogens (tertiary/aromatic N) is 2. The number of hydrogen-bond acceptors (Lipinski definition) is 9. The Morgan fingerprint density at radius 1 is 0.863 bits per heavy atom. The molecule has 0 aliphatic heterocycles. The highest BCUT2D eigenvalue weighted by atomic mass is 16.6. The summed E-state index contributed by atoms with van der Waals surface area (Å²) >= 11 is 0. The Hall–Kier alpha value is -5.63. The molecule has 3 aromatic carbocycles. The van der Waals surface area contributed by atoms with E-state index in [2.05, 4.69) is 16.0 Å². The molecule has 3 atom stereocenters. The van der Waals surface area contributed by atoms with Crippen LogP contribution in [0, 0.1) is 16.0 Å². The highest BCUT2D eigenvalue weighted by Crippen LogP contribution is 2.22. The summed E-state index contributed by atoms with van der Waals surface area (Å²) in [5.74, 6) is -3.25. The van der Waals surface area contributed by atoms with Gasteiger partial charge in [0.15, 0.2) is 0 Å². The summed E-state index contributed by atoms with van der Waals surface area (Å²) in [5, 5.41) is 19.0. The Balaban J connectivity index is 1.97. The van der Waals surface area contributed by atoms with Gasteiger partial charge in [-0.2, -0.15) is 0 Å². The van der Waals surface area contributed by atoms with Crippen molar-refractivity contribution in [1.82, 2.24) is 15.5 Å². The minimum Gasteiger partial charge on any atom is -0.444 e. The normalized spacial score (nSPS) is 12.9. The smallest absolute Gasteiger partial charge is 0.412 e. The molecule has 5 N–H and O–H groups in total. The first kappa shape index (κ1) is 39.8. The number of nitro groups is 1. The predicted molar refractivity (Wildman–Crippen MR) is 191 cm³/mol. The van der Waals surface area contributed by atoms with Crippen LogP contribution in [-0.4, -0.2) is 63.3 Å². The summed E-state index contributed by atoms with van der Waals surface area (Å²) in [6.45, 7) is 10.0. The number of nitrogens with two attached hydrogens (primary N) is 1. The largest absolute Gasteiger partial charge is 0.444 e. The van der Waals surface area contributed by atoms with Crippen LogP contribution >= 0.6 is 0 Å². The molecule has 272 valence electrons. The topological polar surface area (TPSA) is 203 Å². The number of carbonyl (C=O) groups is 5. The van der Waals surface area contributed by atoms with Crippen LogP contribution in [0.2, 0.25) is 0 Å². The maximum Gasteiger partial charge on any atom is 0.412 e. The van der Waals surface area contributed by atoms with Crippen molar-refractivity contribution < 1.29 is 33.6 Å². The zero-order valence-electron chi connectivity index (χ0n) is 29.7. The standard InChI is InChI=1S/C37H46N6O8/c1-23(2)20-31(40-33(45)29(38)21-25-12-8-7-9-13-25)35(47)42(24(3)32(44)39-22-26-16-18-27(19-17-26)43(49)50)34(46)28-14-10-11-15-30(28)41-36(48)51-37(4,5)6/h7-19,23-24,29,31H,20-22,38H2,1-6H3,(H,39,44)(H,40,45)(H,41,48)/t24-,29-,31-/m0/s1. The molecular weight excluding hydrogens is 656 g/mol. The zero-order valence-corrected chi connectivity index (χ0v) is 29.7. The van der Waals surface area contributed by atoms with E-state index in [4.69, 9.17) is 10.5 Å². The molecule has 0 saturated heterocycles. The lowest BCUT2D eigenvalue weighted by atomic mass is 9.99. The van der Waals surface area contributed by atoms with E-state index in [-0.39, 0.29) is 42.2 Å². The van der Waals surface area contributed by atoms with Gasteiger partial charge >= 0.3 is 6.09 Å². The molecule has 0 fully saturated rings. The van der Waals surface area contributed by atoms with Gasteiger partial charge in [-0.15, -0.1) is 0 Å². The predicted octanol–water partition coefficient (Wildman–Crippen LogP) is 4.72. The van der Waals surface area contributed by atoms with Gasteiger partial charge in [0.25, 0.3) is 17.5 Å². The number of nitro benzene ring substituents is 1. The first-order valence-corrected chi connectivity index (χ1v) is 16.5. The molecule has 0 bridgehead atoms. The maximum atomic E-state index is 14.4. The van der Waals surface area contributed by atoms with E-state index in [0.29, 0.717) is 5.56 Å². The molecule has 14 nitrogen and oxygen atoms in total. The monoisotopic (exact) mass is 702 g/mol. The number of non-ortho nitro benzene ring substituents is 1. The van der Waals surface area contributed by atoms with Crippen LogP contribution in [-0.2, 0) is 32.1 Å². The summed E-state index contributed by atoms with van der Waals surface area (Å²) in [4.78, 5) is 79.7. The summed E-state index contributed by atoms with van der Waals surface area (Å²) in [6.07, 6.45) is -0.531. The molecule has 3 rings (SSSR count). The average Bonchev–Trinajstić information content (AvgIpc) is 3.06. The van der Waals surface area contributed by atoms with E-state index in [1.54, 1.807) is 26.8 Å². The highest BCUT2D eigenvalue weighted by molar-refractivity contribution is 6.12. The minimum absolute atomic E-state index is 0.0300. The number of anilines is 1. The number of carbonyl (C=O) groups excluding carboxylic acids is 5. The number of imide groups is 1. The Kier molecular flexibility index (Phi) is 13.9. The van der Waals surface area contributed by atoms with Crippen molar-refractivity contribution in [3.05, 3.63) is 106 Å². The third kappa shape index (κ3) is 12.0. The third-order valence-corrected chi connectivity index (χ3v) is 7.59. The fraction of sp³-hybridized carbons (Fsp3) is 0.378.